The molecule has 0 aromatic heterocycles. The minimum atomic E-state index is -3.33. The van der Waals surface area contributed by atoms with Crippen LogP contribution in [0.1, 0.15) is 51.9 Å². The van der Waals surface area contributed by atoms with Gasteiger partial charge in [-0.25, -0.2) is 8.42 Å². The summed E-state index contributed by atoms with van der Waals surface area (Å²) in [6.45, 7) is 2.87. The quantitative estimate of drug-likeness (QED) is 0.531. The summed E-state index contributed by atoms with van der Waals surface area (Å²) in [7, 11) is 1.81. The Morgan fingerprint density at radius 3 is 2.59 bits per heavy atom. The minimum absolute atomic E-state index is 0.0553. The molecular weight excluding hydrogens is 260 g/mol. The standard InChI is InChI=1S/C12H23ClO3S/c1-2-11-7-3-4-8-12(11)16-9-5-6-10-17(13,14)15/h11-12H,2-10H2,1H3. The summed E-state index contributed by atoms with van der Waals surface area (Å²) in [6.07, 6.45) is 7.96. The smallest absolute Gasteiger partial charge is 0.232 e. The molecule has 1 saturated carbocycles. The van der Waals surface area contributed by atoms with Gasteiger partial charge >= 0.3 is 0 Å². The van der Waals surface area contributed by atoms with Gasteiger partial charge in [-0.3, -0.25) is 0 Å². The topological polar surface area (TPSA) is 43.4 Å². The van der Waals surface area contributed by atoms with Crippen molar-refractivity contribution in [3.05, 3.63) is 0 Å². The zero-order valence-corrected chi connectivity index (χ0v) is 12.1. The van der Waals surface area contributed by atoms with Gasteiger partial charge in [-0.2, -0.15) is 0 Å². The molecule has 0 amide bonds. The van der Waals surface area contributed by atoms with Crippen LogP contribution >= 0.6 is 10.7 Å². The van der Waals surface area contributed by atoms with Gasteiger partial charge in [0, 0.05) is 17.3 Å². The average Bonchev–Trinajstić information content (AvgIpc) is 2.27. The Kier molecular flexibility index (Phi) is 6.82. The van der Waals surface area contributed by atoms with Crippen LogP contribution in [0, 0.1) is 5.92 Å². The molecule has 3 nitrogen and oxygen atoms in total. The number of unbranched alkanes of at least 4 members (excludes halogenated alkanes) is 1. The third-order valence-electron chi connectivity index (χ3n) is 3.48. The predicted octanol–water partition coefficient (Wildman–Crippen LogP) is 3.32. The Morgan fingerprint density at radius 1 is 1.24 bits per heavy atom. The van der Waals surface area contributed by atoms with E-state index in [1.807, 2.05) is 0 Å². The van der Waals surface area contributed by atoms with E-state index in [1.54, 1.807) is 0 Å². The lowest BCUT2D eigenvalue weighted by molar-refractivity contribution is -0.0130. The summed E-state index contributed by atoms with van der Waals surface area (Å²) < 4.78 is 27.3. The van der Waals surface area contributed by atoms with Gasteiger partial charge in [-0.15, -0.1) is 0 Å². The Morgan fingerprint density at radius 2 is 1.94 bits per heavy atom. The van der Waals surface area contributed by atoms with Crippen LogP contribution < -0.4 is 0 Å². The van der Waals surface area contributed by atoms with Crippen molar-refractivity contribution in [2.75, 3.05) is 12.4 Å². The SMILES string of the molecule is CCC1CCCCC1OCCCCS(=O)(=O)Cl. The monoisotopic (exact) mass is 282 g/mol. The fraction of sp³-hybridized carbons (Fsp3) is 1.00. The van der Waals surface area contributed by atoms with Crippen molar-refractivity contribution >= 4 is 19.7 Å². The lowest BCUT2D eigenvalue weighted by Crippen LogP contribution is -2.27. The lowest BCUT2D eigenvalue weighted by Gasteiger charge is -2.30. The Bertz CT molecular complexity index is 303. The van der Waals surface area contributed by atoms with Crippen LogP contribution in [0.5, 0.6) is 0 Å². The van der Waals surface area contributed by atoms with E-state index in [0.717, 1.165) is 12.8 Å². The van der Waals surface area contributed by atoms with Crippen molar-refractivity contribution in [3.63, 3.8) is 0 Å². The van der Waals surface area contributed by atoms with Gasteiger partial charge in [0.2, 0.25) is 9.05 Å². The van der Waals surface area contributed by atoms with E-state index in [4.69, 9.17) is 15.4 Å². The summed E-state index contributed by atoms with van der Waals surface area (Å²) in [4.78, 5) is 0. The molecule has 17 heavy (non-hydrogen) atoms. The zero-order chi connectivity index (χ0) is 12.7. The normalized spacial score (nSPS) is 26.0. The number of hydrogen-bond acceptors (Lipinski definition) is 3. The molecule has 0 aromatic rings. The van der Waals surface area contributed by atoms with E-state index in [0.29, 0.717) is 25.0 Å². The fourth-order valence-electron chi connectivity index (χ4n) is 2.47. The number of hydrogen-bond donors (Lipinski definition) is 0. The average molecular weight is 283 g/mol. The molecule has 0 bridgehead atoms. The van der Waals surface area contributed by atoms with E-state index in [9.17, 15) is 8.42 Å². The third-order valence-corrected chi connectivity index (χ3v) is 4.72. The van der Waals surface area contributed by atoms with Crippen LogP contribution in [0.25, 0.3) is 0 Å². The minimum Gasteiger partial charge on any atom is -0.378 e. The highest BCUT2D eigenvalue weighted by Crippen LogP contribution is 2.29. The molecule has 1 aliphatic carbocycles. The molecule has 0 aromatic carbocycles. The summed E-state index contributed by atoms with van der Waals surface area (Å²) in [5, 5.41) is 0. The van der Waals surface area contributed by atoms with Crippen molar-refractivity contribution in [3.8, 4) is 0 Å². The first-order chi connectivity index (χ1) is 8.03. The molecule has 1 rings (SSSR count). The second-order valence-corrected chi connectivity index (χ2v) is 7.71. The van der Waals surface area contributed by atoms with Crippen molar-refractivity contribution < 1.29 is 13.2 Å². The molecule has 102 valence electrons. The molecule has 0 aliphatic heterocycles. The van der Waals surface area contributed by atoms with Gasteiger partial charge in [0.1, 0.15) is 0 Å². The highest BCUT2D eigenvalue weighted by molar-refractivity contribution is 8.13. The summed E-state index contributed by atoms with van der Waals surface area (Å²) >= 11 is 0. The van der Waals surface area contributed by atoms with Crippen molar-refractivity contribution in [2.24, 2.45) is 5.92 Å². The summed E-state index contributed by atoms with van der Waals surface area (Å²) in [6, 6.07) is 0. The first kappa shape index (κ1) is 15.3. The van der Waals surface area contributed by atoms with E-state index in [2.05, 4.69) is 6.92 Å². The Labute approximate surface area is 109 Å². The maximum atomic E-state index is 10.7. The Balaban J connectivity index is 2.12. The van der Waals surface area contributed by atoms with Gasteiger partial charge in [-0.1, -0.05) is 26.2 Å². The van der Waals surface area contributed by atoms with Crippen LogP contribution in [-0.4, -0.2) is 26.9 Å². The maximum absolute atomic E-state index is 10.7. The van der Waals surface area contributed by atoms with Crippen LogP contribution in [0.3, 0.4) is 0 Å². The van der Waals surface area contributed by atoms with Gasteiger partial charge in [0.15, 0.2) is 0 Å². The predicted molar refractivity (Wildman–Crippen MR) is 70.9 cm³/mol. The molecule has 0 heterocycles. The van der Waals surface area contributed by atoms with Crippen molar-refractivity contribution in [1.82, 2.24) is 0 Å². The van der Waals surface area contributed by atoms with Crippen molar-refractivity contribution in [2.45, 2.75) is 58.0 Å². The van der Waals surface area contributed by atoms with Gasteiger partial charge in [-0.05, 0) is 31.6 Å². The third kappa shape index (κ3) is 6.63. The summed E-state index contributed by atoms with van der Waals surface area (Å²) in [5.41, 5.74) is 0. The lowest BCUT2D eigenvalue weighted by atomic mass is 9.85. The van der Waals surface area contributed by atoms with Crippen molar-refractivity contribution in [1.29, 1.82) is 0 Å². The van der Waals surface area contributed by atoms with E-state index in [-0.39, 0.29) is 5.75 Å². The first-order valence-corrected chi connectivity index (χ1v) is 9.04. The number of ether oxygens (including phenoxy) is 1. The molecule has 0 N–H and O–H groups in total. The van der Waals surface area contributed by atoms with E-state index < -0.39 is 9.05 Å². The van der Waals surface area contributed by atoms with Crippen LogP contribution in [-0.2, 0) is 13.8 Å². The first-order valence-electron chi connectivity index (χ1n) is 6.57. The van der Waals surface area contributed by atoms with Gasteiger partial charge < -0.3 is 4.74 Å². The molecule has 0 saturated heterocycles. The second-order valence-electron chi connectivity index (χ2n) is 4.81. The molecule has 2 unspecified atom stereocenters. The molecule has 1 fully saturated rings. The molecule has 0 spiro atoms. The van der Waals surface area contributed by atoms with Crippen LogP contribution in [0.15, 0.2) is 0 Å². The number of rotatable bonds is 7. The van der Waals surface area contributed by atoms with Crippen LogP contribution in [0.2, 0.25) is 0 Å². The molecule has 2 atom stereocenters. The van der Waals surface area contributed by atoms with E-state index >= 15 is 0 Å². The second kappa shape index (κ2) is 7.59. The maximum Gasteiger partial charge on any atom is 0.232 e. The highest BCUT2D eigenvalue weighted by Gasteiger charge is 2.23. The summed E-state index contributed by atoms with van der Waals surface area (Å²) in [5.74, 6) is 0.750. The fourth-order valence-corrected chi connectivity index (χ4v) is 3.35. The zero-order valence-electron chi connectivity index (χ0n) is 10.5. The molecule has 0 radical (unpaired) electrons. The van der Waals surface area contributed by atoms with Crippen LogP contribution in [0.4, 0.5) is 0 Å². The number of halogens is 1. The molecule has 5 heteroatoms. The van der Waals surface area contributed by atoms with E-state index in [1.165, 1.54) is 25.7 Å². The van der Waals surface area contributed by atoms with Gasteiger partial charge in [0.25, 0.3) is 0 Å². The Hall–Kier alpha value is 0.200. The molecule has 1 aliphatic rings. The highest BCUT2D eigenvalue weighted by atomic mass is 35.7. The molecular formula is C12H23ClO3S. The van der Waals surface area contributed by atoms with Gasteiger partial charge in [0.05, 0.1) is 11.9 Å². The largest absolute Gasteiger partial charge is 0.378 e.